The maximum atomic E-state index is 13.0. The second-order valence-corrected chi connectivity index (χ2v) is 9.18. The first-order valence-corrected chi connectivity index (χ1v) is 11.3. The number of nitrogens with one attached hydrogen (secondary N) is 1. The van der Waals surface area contributed by atoms with Crippen LogP contribution in [0.3, 0.4) is 0 Å². The zero-order valence-corrected chi connectivity index (χ0v) is 18.6. The van der Waals surface area contributed by atoms with Gasteiger partial charge in [0, 0.05) is 21.4 Å². The Labute approximate surface area is 183 Å². The molecule has 2 aromatic heterocycles. The van der Waals surface area contributed by atoms with Crippen LogP contribution in [0.1, 0.15) is 32.3 Å². The van der Waals surface area contributed by atoms with E-state index in [4.69, 9.17) is 4.52 Å². The molecule has 0 spiro atoms. The molecular formula is C23H21N3O2S2. The largest absolute Gasteiger partial charge is 0.360 e. The molecule has 2 aromatic carbocycles. The Bertz CT molecular complexity index is 1180. The molecule has 152 valence electrons. The quantitative estimate of drug-likeness (QED) is 0.362. The fourth-order valence-corrected chi connectivity index (χ4v) is 4.76. The van der Waals surface area contributed by atoms with Crippen molar-refractivity contribution < 1.29 is 9.32 Å². The van der Waals surface area contributed by atoms with E-state index in [1.807, 2.05) is 44.2 Å². The summed E-state index contributed by atoms with van der Waals surface area (Å²) in [6, 6.07) is 17.7. The molecule has 0 saturated carbocycles. The van der Waals surface area contributed by atoms with Crippen LogP contribution in [-0.2, 0) is 5.75 Å². The Morgan fingerprint density at radius 1 is 1.10 bits per heavy atom. The first kappa shape index (κ1) is 20.4. The average molecular weight is 436 g/mol. The number of aromatic nitrogens is 2. The van der Waals surface area contributed by atoms with Crippen molar-refractivity contribution in [3.63, 3.8) is 0 Å². The summed E-state index contributed by atoms with van der Waals surface area (Å²) in [4.78, 5) is 19.6. The zero-order chi connectivity index (χ0) is 21.1. The summed E-state index contributed by atoms with van der Waals surface area (Å²) in [5.74, 6) is 1.22. The molecule has 0 unspecified atom stereocenters. The van der Waals surface area contributed by atoms with Crippen LogP contribution in [0.25, 0.3) is 11.3 Å². The van der Waals surface area contributed by atoms with E-state index in [9.17, 15) is 4.79 Å². The maximum absolute atomic E-state index is 13.0. The molecule has 0 aliphatic rings. The number of hydrogen-bond donors (Lipinski definition) is 1. The summed E-state index contributed by atoms with van der Waals surface area (Å²) >= 11 is 3.03. The number of carbonyl (C=O) groups is 1. The van der Waals surface area contributed by atoms with Gasteiger partial charge in [0.05, 0.1) is 22.7 Å². The monoisotopic (exact) mass is 435 g/mol. The lowest BCUT2D eigenvalue weighted by atomic mass is 10.1. The van der Waals surface area contributed by atoms with Crippen LogP contribution in [0, 0.1) is 20.8 Å². The normalized spacial score (nSPS) is 10.9. The topological polar surface area (TPSA) is 68.0 Å². The Morgan fingerprint density at radius 3 is 2.60 bits per heavy atom. The number of thiazole rings is 1. The van der Waals surface area contributed by atoms with Gasteiger partial charge >= 0.3 is 0 Å². The standard InChI is InChI=1S/C23H21N3O2S2/c1-14-8-10-17(11-9-14)21-16(3)30-23(24-21)25-22(27)19-6-4-5-7-20(19)29-13-18-12-15(2)26-28-18/h4-12H,13H2,1-3H3,(H,24,25,27). The summed E-state index contributed by atoms with van der Waals surface area (Å²) in [5, 5.41) is 7.47. The van der Waals surface area contributed by atoms with Gasteiger partial charge in [0.15, 0.2) is 5.13 Å². The molecule has 0 atom stereocenters. The number of carbonyl (C=O) groups excluding carboxylic acids is 1. The lowest BCUT2D eigenvalue weighted by Crippen LogP contribution is -2.12. The Balaban J connectivity index is 1.50. The SMILES string of the molecule is Cc1ccc(-c2nc(NC(=O)c3ccccc3SCc3cc(C)no3)sc2C)cc1. The predicted molar refractivity (Wildman–Crippen MR) is 122 cm³/mol. The molecule has 30 heavy (non-hydrogen) atoms. The minimum atomic E-state index is -0.170. The molecule has 4 rings (SSSR count). The number of thioether (sulfide) groups is 1. The van der Waals surface area contributed by atoms with E-state index < -0.39 is 0 Å². The number of anilines is 1. The summed E-state index contributed by atoms with van der Waals surface area (Å²) in [7, 11) is 0. The molecule has 0 aliphatic heterocycles. The maximum Gasteiger partial charge on any atom is 0.258 e. The van der Waals surface area contributed by atoms with Crippen LogP contribution in [0.2, 0.25) is 0 Å². The second kappa shape index (κ2) is 8.85. The van der Waals surface area contributed by atoms with Crippen molar-refractivity contribution in [2.75, 3.05) is 5.32 Å². The van der Waals surface area contributed by atoms with Crippen LogP contribution >= 0.6 is 23.1 Å². The van der Waals surface area contributed by atoms with Gasteiger partial charge in [-0.3, -0.25) is 10.1 Å². The first-order chi connectivity index (χ1) is 14.5. The predicted octanol–water partition coefficient (Wildman–Crippen LogP) is 6.27. The van der Waals surface area contributed by atoms with Crippen molar-refractivity contribution in [1.29, 1.82) is 0 Å². The second-order valence-electron chi connectivity index (χ2n) is 6.96. The first-order valence-electron chi connectivity index (χ1n) is 9.49. The molecule has 2 heterocycles. The minimum absolute atomic E-state index is 0.170. The van der Waals surface area contributed by atoms with Crippen LogP contribution < -0.4 is 5.32 Å². The molecule has 4 aromatic rings. The van der Waals surface area contributed by atoms with Gasteiger partial charge in [0.25, 0.3) is 5.91 Å². The van der Waals surface area contributed by atoms with Gasteiger partial charge in [-0.05, 0) is 32.9 Å². The third kappa shape index (κ3) is 4.63. The van der Waals surface area contributed by atoms with Crippen molar-refractivity contribution in [3.05, 3.63) is 82.1 Å². The third-order valence-corrected chi connectivity index (χ3v) is 6.50. The van der Waals surface area contributed by atoms with Crippen molar-refractivity contribution in [3.8, 4) is 11.3 Å². The third-order valence-electron chi connectivity index (χ3n) is 4.52. The van der Waals surface area contributed by atoms with E-state index in [2.05, 4.69) is 46.6 Å². The van der Waals surface area contributed by atoms with E-state index in [0.717, 1.165) is 32.5 Å². The highest BCUT2D eigenvalue weighted by Crippen LogP contribution is 2.32. The fraction of sp³-hybridized carbons (Fsp3) is 0.174. The molecule has 0 aliphatic carbocycles. The highest BCUT2D eigenvalue weighted by Gasteiger charge is 2.16. The van der Waals surface area contributed by atoms with E-state index in [-0.39, 0.29) is 5.91 Å². The number of benzene rings is 2. The Hall–Kier alpha value is -2.90. The van der Waals surface area contributed by atoms with Gasteiger partial charge in [-0.15, -0.1) is 23.1 Å². The molecule has 1 amide bonds. The van der Waals surface area contributed by atoms with Gasteiger partial charge < -0.3 is 4.52 Å². The highest BCUT2D eigenvalue weighted by atomic mass is 32.2. The molecule has 5 nitrogen and oxygen atoms in total. The number of hydrogen-bond acceptors (Lipinski definition) is 6. The van der Waals surface area contributed by atoms with Crippen molar-refractivity contribution >= 4 is 34.1 Å². The fourth-order valence-electron chi connectivity index (χ4n) is 3.01. The number of amides is 1. The molecule has 0 saturated heterocycles. The van der Waals surface area contributed by atoms with E-state index in [1.165, 1.54) is 16.9 Å². The molecule has 0 radical (unpaired) electrons. The van der Waals surface area contributed by atoms with Crippen molar-refractivity contribution in [2.24, 2.45) is 0 Å². The van der Waals surface area contributed by atoms with Crippen LogP contribution in [0.5, 0.6) is 0 Å². The van der Waals surface area contributed by atoms with E-state index >= 15 is 0 Å². The molecular weight excluding hydrogens is 414 g/mol. The molecule has 0 fully saturated rings. The molecule has 1 N–H and O–H groups in total. The van der Waals surface area contributed by atoms with Gasteiger partial charge in [-0.1, -0.05) is 47.1 Å². The van der Waals surface area contributed by atoms with Gasteiger partial charge in [0.2, 0.25) is 0 Å². The van der Waals surface area contributed by atoms with Crippen LogP contribution in [-0.4, -0.2) is 16.0 Å². The van der Waals surface area contributed by atoms with Gasteiger partial charge in [0.1, 0.15) is 5.76 Å². The van der Waals surface area contributed by atoms with Gasteiger partial charge in [-0.2, -0.15) is 0 Å². The summed E-state index contributed by atoms with van der Waals surface area (Å²) in [6.45, 7) is 5.97. The smallest absolute Gasteiger partial charge is 0.258 e. The van der Waals surface area contributed by atoms with Crippen LogP contribution in [0.15, 0.2) is 64.0 Å². The lowest BCUT2D eigenvalue weighted by Gasteiger charge is -2.07. The molecule has 0 bridgehead atoms. The average Bonchev–Trinajstić information content (AvgIpc) is 3.32. The highest BCUT2D eigenvalue weighted by molar-refractivity contribution is 7.98. The summed E-state index contributed by atoms with van der Waals surface area (Å²) < 4.78 is 5.27. The molecule has 7 heteroatoms. The van der Waals surface area contributed by atoms with Crippen LogP contribution in [0.4, 0.5) is 5.13 Å². The lowest BCUT2D eigenvalue weighted by molar-refractivity contribution is 0.102. The summed E-state index contributed by atoms with van der Waals surface area (Å²) in [6.07, 6.45) is 0. The van der Waals surface area contributed by atoms with Crippen molar-refractivity contribution in [2.45, 2.75) is 31.4 Å². The van der Waals surface area contributed by atoms with E-state index in [1.54, 1.807) is 11.8 Å². The number of nitrogens with zero attached hydrogens (tertiary/aromatic N) is 2. The Kier molecular flexibility index (Phi) is 6.01. The van der Waals surface area contributed by atoms with Gasteiger partial charge in [-0.25, -0.2) is 4.98 Å². The number of rotatable bonds is 6. The Morgan fingerprint density at radius 2 is 1.87 bits per heavy atom. The van der Waals surface area contributed by atoms with Crippen molar-refractivity contribution in [1.82, 2.24) is 10.1 Å². The van der Waals surface area contributed by atoms with E-state index in [0.29, 0.717) is 16.4 Å². The minimum Gasteiger partial charge on any atom is -0.360 e. The summed E-state index contributed by atoms with van der Waals surface area (Å²) in [5.41, 5.74) is 4.62. The zero-order valence-electron chi connectivity index (χ0n) is 16.9. The number of aryl methyl sites for hydroxylation is 3.